The summed E-state index contributed by atoms with van der Waals surface area (Å²) in [5, 5.41) is 8.70. The van der Waals surface area contributed by atoms with Crippen molar-refractivity contribution in [3.63, 3.8) is 0 Å². The van der Waals surface area contributed by atoms with Crippen LogP contribution in [0.5, 0.6) is 5.75 Å². The van der Waals surface area contributed by atoms with Gasteiger partial charge in [0.15, 0.2) is 11.4 Å². The predicted molar refractivity (Wildman–Crippen MR) is 48.2 cm³/mol. The van der Waals surface area contributed by atoms with E-state index in [1.54, 1.807) is 12.3 Å². The molecule has 0 unspecified atom stereocenters. The van der Waals surface area contributed by atoms with Crippen LogP contribution in [0, 0.1) is 0 Å². The molecule has 1 aromatic rings. The Balaban J connectivity index is 2.55. The third-order valence-corrected chi connectivity index (χ3v) is 1.68. The smallest absolute Gasteiger partial charge is 0.356 e. The number of nitrogens with one attached hydrogen (secondary N) is 1. The van der Waals surface area contributed by atoms with E-state index in [4.69, 9.17) is 9.84 Å². The van der Waals surface area contributed by atoms with Gasteiger partial charge in [0, 0.05) is 6.20 Å². The summed E-state index contributed by atoms with van der Waals surface area (Å²) >= 11 is 0. The maximum absolute atomic E-state index is 10.6. The van der Waals surface area contributed by atoms with Crippen molar-refractivity contribution < 1.29 is 14.6 Å². The molecule has 0 bridgehead atoms. The third kappa shape index (κ3) is 2.50. The van der Waals surface area contributed by atoms with Crippen molar-refractivity contribution in [2.24, 2.45) is 0 Å². The first kappa shape index (κ1) is 9.64. The lowest BCUT2D eigenvalue weighted by Gasteiger charge is -2.03. The normalized spacial score (nSPS) is 9.92. The van der Waals surface area contributed by atoms with E-state index in [9.17, 15) is 4.79 Å². The number of carboxylic acid groups (broad SMARTS) is 1. The van der Waals surface area contributed by atoms with E-state index in [0.29, 0.717) is 12.4 Å². The van der Waals surface area contributed by atoms with E-state index < -0.39 is 5.97 Å². The fraction of sp³-hybridized carbons (Fsp3) is 0.444. The summed E-state index contributed by atoms with van der Waals surface area (Å²) < 4.78 is 5.27. The van der Waals surface area contributed by atoms with Crippen LogP contribution in [0.2, 0.25) is 0 Å². The molecule has 4 nitrogen and oxygen atoms in total. The number of aromatic nitrogens is 1. The Morgan fingerprint density at radius 2 is 2.46 bits per heavy atom. The van der Waals surface area contributed by atoms with Gasteiger partial charge in [0.05, 0.1) is 6.61 Å². The molecule has 0 amide bonds. The Labute approximate surface area is 76.5 Å². The SMILES string of the molecule is CCCCOc1cc[nH]c1C(=O)O. The molecule has 13 heavy (non-hydrogen) atoms. The fourth-order valence-electron chi connectivity index (χ4n) is 0.969. The lowest BCUT2D eigenvalue weighted by atomic mass is 10.3. The second kappa shape index (κ2) is 4.54. The molecule has 0 saturated carbocycles. The van der Waals surface area contributed by atoms with E-state index in [0.717, 1.165) is 12.8 Å². The van der Waals surface area contributed by atoms with Gasteiger partial charge in [-0.2, -0.15) is 0 Å². The van der Waals surface area contributed by atoms with Crippen molar-refractivity contribution in [2.45, 2.75) is 19.8 Å². The average Bonchev–Trinajstić information content (AvgIpc) is 2.53. The molecule has 0 aliphatic carbocycles. The molecule has 0 aliphatic heterocycles. The fourth-order valence-corrected chi connectivity index (χ4v) is 0.969. The summed E-state index contributed by atoms with van der Waals surface area (Å²) in [7, 11) is 0. The molecule has 0 aliphatic rings. The quantitative estimate of drug-likeness (QED) is 0.685. The first-order valence-corrected chi connectivity index (χ1v) is 4.29. The van der Waals surface area contributed by atoms with E-state index in [2.05, 4.69) is 11.9 Å². The van der Waals surface area contributed by atoms with Gasteiger partial charge in [-0.1, -0.05) is 13.3 Å². The molecule has 72 valence electrons. The van der Waals surface area contributed by atoms with Crippen LogP contribution in [0.25, 0.3) is 0 Å². The minimum atomic E-state index is -0.989. The van der Waals surface area contributed by atoms with Crippen molar-refractivity contribution >= 4 is 5.97 Å². The number of aromatic carboxylic acids is 1. The van der Waals surface area contributed by atoms with Crippen molar-refractivity contribution in [2.75, 3.05) is 6.61 Å². The van der Waals surface area contributed by atoms with Crippen LogP contribution < -0.4 is 4.74 Å². The highest BCUT2D eigenvalue weighted by Crippen LogP contribution is 2.16. The van der Waals surface area contributed by atoms with Crippen molar-refractivity contribution in [1.82, 2.24) is 4.98 Å². The number of rotatable bonds is 5. The van der Waals surface area contributed by atoms with Crippen LogP contribution in [0.4, 0.5) is 0 Å². The summed E-state index contributed by atoms with van der Waals surface area (Å²) in [5.41, 5.74) is 0.121. The Kier molecular flexibility index (Phi) is 3.37. The molecule has 1 aromatic heterocycles. The Morgan fingerprint density at radius 1 is 1.69 bits per heavy atom. The number of carboxylic acids is 1. The minimum absolute atomic E-state index is 0.121. The number of aromatic amines is 1. The van der Waals surface area contributed by atoms with Crippen molar-refractivity contribution in [1.29, 1.82) is 0 Å². The molecule has 0 saturated heterocycles. The maximum atomic E-state index is 10.6. The van der Waals surface area contributed by atoms with Gasteiger partial charge in [-0.05, 0) is 12.5 Å². The summed E-state index contributed by atoms with van der Waals surface area (Å²) in [4.78, 5) is 13.2. The van der Waals surface area contributed by atoms with E-state index in [1.807, 2.05) is 0 Å². The molecule has 0 fully saturated rings. The number of H-pyrrole nitrogens is 1. The Morgan fingerprint density at radius 3 is 3.08 bits per heavy atom. The van der Waals surface area contributed by atoms with Gasteiger partial charge < -0.3 is 14.8 Å². The zero-order valence-corrected chi connectivity index (χ0v) is 7.54. The number of hydrogen-bond acceptors (Lipinski definition) is 2. The first-order chi connectivity index (χ1) is 6.25. The average molecular weight is 183 g/mol. The van der Waals surface area contributed by atoms with Crippen LogP contribution in [0.3, 0.4) is 0 Å². The van der Waals surface area contributed by atoms with Gasteiger partial charge in [-0.3, -0.25) is 0 Å². The van der Waals surface area contributed by atoms with Gasteiger partial charge in [0.2, 0.25) is 0 Å². The van der Waals surface area contributed by atoms with Crippen molar-refractivity contribution in [3.8, 4) is 5.75 Å². The molecular weight excluding hydrogens is 170 g/mol. The zero-order chi connectivity index (χ0) is 9.68. The summed E-state index contributed by atoms with van der Waals surface area (Å²) in [6, 6.07) is 1.62. The number of carbonyl (C=O) groups is 1. The minimum Gasteiger partial charge on any atom is -0.491 e. The van der Waals surface area contributed by atoms with E-state index >= 15 is 0 Å². The van der Waals surface area contributed by atoms with Gasteiger partial charge in [0.25, 0.3) is 0 Å². The van der Waals surface area contributed by atoms with E-state index in [-0.39, 0.29) is 5.69 Å². The highest BCUT2D eigenvalue weighted by molar-refractivity contribution is 5.88. The first-order valence-electron chi connectivity index (χ1n) is 4.29. The summed E-state index contributed by atoms with van der Waals surface area (Å²) in [5.74, 6) is -0.572. The van der Waals surface area contributed by atoms with Gasteiger partial charge in [-0.15, -0.1) is 0 Å². The molecule has 1 heterocycles. The summed E-state index contributed by atoms with van der Waals surface area (Å²) in [6.07, 6.45) is 3.53. The highest BCUT2D eigenvalue weighted by Gasteiger charge is 2.11. The predicted octanol–water partition coefficient (Wildman–Crippen LogP) is 1.89. The zero-order valence-electron chi connectivity index (χ0n) is 7.54. The molecule has 4 heteroatoms. The molecule has 0 spiro atoms. The van der Waals surface area contributed by atoms with Crippen LogP contribution in [0.1, 0.15) is 30.3 Å². The maximum Gasteiger partial charge on any atom is 0.356 e. The lowest BCUT2D eigenvalue weighted by molar-refractivity contribution is 0.0686. The van der Waals surface area contributed by atoms with Crippen LogP contribution in [0.15, 0.2) is 12.3 Å². The largest absolute Gasteiger partial charge is 0.491 e. The molecule has 0 atom stereocenters. The second-order valence-electron chi connectivity index (χ2n) is 2.72. The topological polar surface area (TPSA) is 62.3 Å². The number of ether oxygens (including phenoxy) is 1. The second-order valence-corrected chi connectivity index (χ2v) is 2.72. The monoisotopic (exact) mass is 183 g/mol. The summed E-state index contributed by atoms with van der Waals surface area (Å²) in [6.45, 7) is 2.62. The number of hydrogen-bond donors (Lipinski definition) is 2. The van der Waals surface area contributed by atoms with Gasteiger partial charge in [0.1, 0.15) is 0 Å². The Bertz CT molecular complexity index is 280. The molecule has 0 radical (unpaired) electrons. The van der Waals surface area contributed by atoms with Gasteiger partial charge in [-0.25, -0.2) is 4.79 Å². The molecule has 0 aromatic carbocycles. The lowest BCUT2D eigenvalue weighted by Crippen LogP contribution is -2.03. The number of unbranched alkanes of at least 4 members (excludes halogenated alkanes) is 1. The molecule has 1 rings (SSSR count). The van der Waals surface area contributed by atoms with Crippen LogP contribution in [-0.2, 0) is 0 Å². The molecular formula is C9H13NO3. The van der Waals surface area contributed by atoms with Crippen molar-refractivity contribution in [3.05, 3.63) is 18.0 Å². The van der Waals surface area contributed by atoms with E-state index in [1.165, 1.54) is 0 Å². The van der Waals surface area contributed by atoms with Gasteiger partial charge >= 0.3 is 5.97 Å². The Hall–Kier alpha value is -1.45. The van der Waals surface area contributed by atoms with Crippen LogP contribution >= 0.6 is 0 Å². The van der Waals surface area contributed by atoms with Crippen LogP contribution in [-0.4, -0.2) is 22.7 Å². The standard InChI is InChI=1S/C9H13NO3/c1-2-3-6-13-7-4-5-10-8(7)9(11)12/h4-5,10H,2-3,6H2,1H3,(H,11,12). The third-order valence-electron chi connectivity index (χ3n) is 1.68. The highest BCUT2D eigenvalue weighted by atomic mass is 16.5. The molecule has 2 N–H and O–H groups in total.